The zero-order valence-corrected chi connectivity index (χ0v) is 21.0. The maximum Gasteiger partial charge on any atom is 0.175 e. The molecule has 8 unspecified atom stereocenters. The molecule has 8 nitrogen and oxygen atoms in total. The highest BCUT2D eigenvalue weighted by Crippen LogP contribution is 2.67. The quantitative estimate of drug-likeness (QED) is 0.622. The number of carbonyl (C=O) groups excluding carboxylic acids is 2. The van der Waals surface area contributed by atoms with Crippen LogP contribution in [0.25, 0.3) is 0 Å². The van der Waals surface area contributed by atoms with E-state index in [4.69, 9.17) is 0 Å². The summed E-state index contributed by atoms with van der Waals surface area (Å²) in [7, 11) is 0. The molecule has 6 aliphatic rings. The highest BCUT2D eigenvalue weighted by atomic mass is 32.2. The number of carbonyl (C=O) groups is 2. The fraction of sp³-hybridized carbons (Fsp3) is 0.692. The number of aliphatic hydroxyl groups excluding tert-OH is 1. The summed E-state index contributed by atoms with van der Waals surface area (Å²) in [6.45, 7) is 4.23. The van der Waals surface area contributed by atoms with Crippen molar-refractivity contribution in [3.8, 4) is 0 Å². The lowest BCUT2D eigenvalue weighted by Gasteiger charge is -2.60. The van der Waals surface area contributed by atoms with Crippen molar-refractivity contribution in [2.75, 3.05) is 5.75 Å². The van der Waals surface area contributed by atoms with E-state index in [0.717, 1.165) is 25.7 Å². The molecule has 0 spiro atoms. The van der Waals surface area contributed by atoms with Crippen LogP contribution < -0.4 is 0 Å². The first-order valence-corrected chi connectivity index (χ1v) is 13.7. The normalized spacial score (nSPS) is 45.7. The van der Waals surface area contributed by atoms with Crippen LogP contribution in [0.4, 0.5) is 0 Å². The van der Waals surface area contributed by atoms with Crippen molar-refractivity contribution in [3.63, 3.8) is 0 Å². The van der Waals surface area contributed by atoms with Gasteiger partial charge in [-0.25, -0.2) is 15.0 Å². The van der Waals surface area contributed by atoms with Gasteiger partial charge in [-0.3, -0.25) is 14.6 Å². The molecule has 0 bridgehead atoms. The van der Waals surface area contributed by atoms with Gasteiger partial charge in [0.05, 0.1) is 11.9 Å². The van der Waals surface area contributed by atoms with Crippen LogP contribution in [-0.2, 0) is 9.59 Å². The third-order valence-electron chi connectivity index (χ3n) is 10.1. The fourth-order valence-corrected chi connectivity index (χ4v) is 9.28. The minimum atomic E-state index is -1.48. The van der Waals surface area contributed by atoms with Gasteiger partial charge in [0.25, 0.3) is 0 Å². The molecule has 3 saturated carbocycles. The van der Waals surface area contributed by atoms with Crippen LogP contribution in [0.3, 0.4) is 0 Å². The van der Waals surface area contributed by atoms with Gasteiger partial charge >= 0.3 is 0 Å². The first-order chi connectivity index (χ1) is 16.7. The van der Waals surface area contributed by atoms with Gasteiger partial charge in [-0.2, -0.15) is 0 Å². The number of hydrogen-bond acceptors (Lipinski definition) is 9. The summed E-state index contributed by atoms with van der Waals surface area (Å²) < 4.78 is 0. The smallest absolute Gasteiger partial charge is 0.175 e. The second-order valence-corrected chi connectivity index (χ2v) is 12.5. The third kappa shape index (κ3) is 3.27. The van der Waals surface area contributed by atoms with E-state index in [0.29, 0.717) is 30.1 Å². The van der Waals surface area contributed by atoms with E-state index < -0.39 is 17.1 Å². The number of aliphatic hydroxyl groups is 2. The Morgan fingerprint density at radius 2 is 2.00 bits per heavy atom. The molecule has 2 heterocycles. The number of fused-ring (bicyclic) bond motifs is 6. The summed E-state index contributed by atoms with van der Waals surface area (Å²) in [6, 6.07) is -0.357. The summed E-state index contributed by atoms with van der Waals surface area (Å²) in [5, 5.41) is 24.1. The third-order valence-corrected chi connectivity index (χ3v) is 11.2. The molecule has 9 heteroatoms. The molecule has 0 aromatic rings. The van der Waals surface area contributed by atoms with Gasteiger partial charge in [0.2, 0.25) is 0 Å². The van der Waals surface area contributed by atoms with Gasteiger partial charge in [-0.15, -0.1) is 11.8 Å². The van der Waals surface area contributed by atoms with Gasteiger partial charge in [-0.05, 0) is 67.8 Å². The molecule has 0 amide bonds. The number of thioether (sulfide) groups is 1. The summed E-state index contributed by atoms with van der Waals surface area (Å²) >= 11 is 1.30. The van der Waals surface area contributed by atoms with Crippen molar-refractivity contribution in [1.82, 2.24) is 0 Å². The Morgan fingerprint density at radius 3 is 2.83 bits per heavy atom. The molecule has 6 rings (SSSR count). The van der Waals surface area contributed by atoms with E-state index in [1.807, 2.05) is 13.0 Å². The molecule has 2 aliphatic heterocycles. The molecular formula is C26H32N4O4S. The molecule has 0 aromatic carbocycles. The van der Waals surface area contributed by atoms with Crippen LogP contribution in [0.15, 0.2) is 31.6 Å². The Hall–Kier alpha value is -1.97. The van der Waals surface area contributed by atoms with Crippen molar-refractivity contribution in [1.29, 1.82) is 0 Å². The van der Waals surface area contributed by atoms with Gasteiger partial charge in [0.1, 0.15) is 23.3 Å². The number of Topliss-reactive ketones (excluding diaryl/α,β-unsaturated/α-hetero) is 1. The van der Waals surface area contributed by atoms with E-state index in [9.17, 15) is 19.8 Å². The zero-order valence-electron chi connectivity index (χ0n) is 20.2. The Morgan fingerprint density at radius 1 is 1.17 bits per heavy atom. The summed E-state index contributed by atoms with van der Waals surface area (Å²) in [5.41, 5.74) is -1.15. The van der Waals surface area contributed by atoms with Crippen molar-refractivity contribution in [2.45, 2.75) is 76.5 Å². The van der Waals surface area contributed by atoms with Gasteiger partial charge in [0, 0.05) is 11.8 Å². The fourth-order valence-electron chi connectivity index (χ4n) is 8.32. The molecule has 0 aromatic heterocycles. The molecule has 186 valence electrons. The van der Waals surface area contributed by atoms with Crippen LogP contribution in [0.5, 0.6) is 0 Å². The number of nitrogens with zero attached hydrogens (tertiary/aromatic N) is 4. The number of aliphatic imine (C=N–C) groups is 4. The second-order valence-electron chi connectivity index (χ2n) is 11.6. The van der Waals surface area contributed by atoms with Crippen molar-refractivity contribution < 1.29 is 19.8 Å². The lowest BCUT2D eigenvalue weighted by molar-refractivity contribution is -0.178. The number of ketones is 2. The average molecular weight is 497 g/mol. The summed E-state index contributed by atoms with van der Waals surface area (Å²) in [5.74, 6) is 1.14. The van der Waals surface area contributed by atoms with Gasteiger partial charge in [-0.1, -0.05) is 19.4 Å². The van der Waals surface area contributed by atoms with E-state index in [2.05, 4.69) is 26.9 Å². The zero-order chi connectivity index (χ0) is 24.6. The van der Waals surface area contributed by atoms with Crippen molar-refractivity contribution in [2.24, 2.45) is 48.6 Å². The van der Waals surface area contributed by atoms with Crippen LogP contribution in [0, 0.1) is 28.6 Å². The van der Waals surface area contributed by atoms with E-state index in [-0.39, 0.29) is 46.5 Å². The van der Waals surface area contributed by atoms with Gasteiger partial charge < -0.3 is 10.2 Å². The average Bonchev–Trinajstić information content (AvgIpc) is 3.41. The predicted octanol–water partition coefficient (Wildman–Crippen LogP) is 2.77. The van der Waals surface area contributed by atoms with Crippen LogP contribution >= 0.6 is 11.8 Å². The minimum Gasteiger partial charge on any atom is -0.393 e. The SMILES string of the molecule is CC12CCC(=O)C=C1CCC1C2C(O)CC2(C)C1CCC2(O)C(=O)CSC1=NC=NC2=NC=NC21. The Kier molecular flexibility index (Phi) is 5.37. The first kappa shape index (κ1) is 23.4. The largest absolute Gasteiger partial charge is 0.393 e. The topological polar surface area (TPSA) is 124 Å². The number of allylic oxidation sites excluding steroid dienone is 1. The van der Waals surface area contributed by atoms with Crippen LogP contribution in [0.2, 0.25) is 0 Å². The second kappa shape index (κ2) is 8.02. The molecule has 35 heavy (non-hydrogen) atoms. The van der Waals surface area contributed by atoms with Crippen LogP contribution in [0.1, 0.15) is 58.8 Å². The lowest BCUT2D eigenvalue weighted by atomic mass is 9.45. The molecular weight excluding hydrogens is 464 g/mol. The number of hydrogen-bond donors (Lipinski definition) is 2. The van der Waals surface area contributed by atoms with Crippen molar-refractivity contribution >= 4 is 46.9 Å². The highest BCUT2D eigenvalue weighted by Gasteiger charge is 2.68. The van der Waals surface area contributed by atoms with E-state index in [1.54, 1.807) is 0 Å². The number of amidine groups is 1. The Balaban J connectivity index is 1.23. The number of rotatable bonds is 3. The minimum absolute atomic E-state index is 0.0642. The molecule has 3 fully saturated rings. The molecule has 0 radical (unpaired) electrons. The van der Waals surface area contributed by atoms with Crippen molar-refractivity contribution in [3.05, 3.63) is 11.6 Å². The monoisotopic (exact) mass is 496 g/mol. The maximum absolute atomic E-state index is 13.6. The molecule has 8 atom stereocenters. The summed E-state index contributed by atoms with van der Waals surface area (Å²) in [4.78, 5) is 42.5. The maximum atomic E-state index is 13.6. The van der Waals surface area contributed by atoms with E-state index >= 15 is 0 Å². The van der Waals surface area contributed by atoms with Crippen LogP contribution in [-0.4, -0.2) is 68.8 Å². The first-order valence-electron chi connectivity index (χ1n) is 12.7. The standard InChI is InChI=1S/C26H32N4O4S/c1-24-7-5-15(31)9-14(24)3-4-16-17-6-8-26(34,25(17,2)10-18(32)20(16)24)19(33)11-35-23-21-22(28-12-27-21)29-13-30-23/h9,12-13,16-18,20-21,32,34H,3-8,10-11H2,1-2H3. The lowest BCUT2D eigenvalue weighted by Crippen LogP contribution is -2.62. The predicted molar refractivity (Wildman–Crippen MR) is 136 cm³/mol. The summed E-state index contributed by atoms with van der Waals surface area (Å²) in [6.07, 6.45) is 8.78. The highest BCUT2D eigenvalue weighted by molar-refractivity contribution is 8.14. The van der Waals surface area contributed by atoms with Gasteiger partial charge in [0.15, 0.2) is 23.4 Å². The molecule has 4 aliphatic carbocycles. The Labute approximate surface area is 209 Å². The molecule has 0 saturated heterocycles. The van der Waals surface area contributed by atoms with E-state index in [1.165, 1.54) is 30.0 Å². The Bertz CT molecular complexity index is 1140. The molecule has 2 N–H and O–H groups in total.